The Kier molecular flexibility index (Phi) is 4.64. The van der Waals surface area contributed by atoms with Gasteiger partial charge in [-0.15, -0.1) is 11.3 Å². The zero-order valence-electron chi connectivity index (χ0n) is 13.0. The van der Waals surface area contributed by atoms with Gasteiger partial charge in [0.25, 0.3) is 0 Å². The van der Waals surface area contributed by atoms with Crippen molar-refractivity contribution in [2.45, 2.75) is 13.1 Å². The van der Waals surface area contributed by atoms with E-state index in [2.05, 4.69) is 9.88 Å². The summed E-state index contributed by atoms with van der Waals surface area (Å²) in [6.07, 6.45) is 1.68. The second kappa shape index (κ2) is 6.85. The molecule has 3 aromatic rings. The number of nitrogens with zero attached hydrogens (tertiary/aromatic N) is 2. The van der Waals surface area contributed by atoms with Gasteiger partial charge in [-0.05, 0) is 37.4 Å². The number of furan rings is 1. The van der Waals surface area contributed by atoms with Gasteiger partial charge in [-0.2, -0.15) is 0 Å². The average Bonchev–Trinajstić information content (AvgIpc) is 3.19. The molecular formula is C17H18N2O3S. The Hall–Kier alpha value is -2.31. The lowest BCUT2D eigenvalue weighted by atomic mass is 10.2. The van der Waals surface area contributed by atoms with E-state index in [1.54, 1.807) is 29.7 Å². The maximum Gasteiger partial charge on any atom is 0.161 e. The highest BCUT2D eigenvalue weighted by molar-refractivity contribution is 7.13. The normalized spacial score (nSPS) is 11.1. The van der Waals surface area contributed by atoms with Crippen molar-refractivity contribution in [2.24, 2.45) is 0 Å². The molecular weight excluding hydrogens is 312 g/mol. The monoisotopic (exact) mass is 330 g/mol. The molecule has 3 rings (SSSR count). The van der Waals surface area contributed by atoms with Crippen molar-refractivity contribution in [2.75, 3.05) is 14.2 Å². The topological polar surface area (TPSA) is 58.7 Å². The summed E-state index contributed by atoms with van der Waals surface area (Å²) in [6, 6.07) is 9.11. The molecule has 23 heavy (non-hydrogen) atoms. The number of phenols is 1. The number of hydrogen-bond donors (Lipinski definition) is 1. The smallest absolute Gasteiger partial charge is 0.161 e. The van der Waals surface area contributed by atoms with Crippen LogP contribution < -0.4 is 4.74 Å². The van der Waals surface area contributed by atoms with Crippen LogP contribution in [0.1, 0.15) is 11.5 Å². The predicted octanol–water partition coefficient (Wildman–Crippen LogP) is 3.75. The lowest BCUT2D eigenvalue weighted by molar-refractivity contribution is 0.285. The van der Waals surface area contributed by atoms with Crippen LogP contribution in [0.15, 0.2) is 46.4 Å². The van der Waals surface area contributed by atoms with Crippen molar-refractivity contribution >= 4 is 11.3 Å². The Labute approximate surface area is 138 Å². The van der Waals surface area contributed by atoms with E-state index in [1.807, 2.05) is 30.6 Å². The number of ether oxygens (including phenoxy) is 1. The van der Waals surface area contributed by atoms with Gasteiger partial charge in [-0.25, -0.2) is 4.98 Å². The highest BCUT2D eigenvalue weighted by atomic mass is 32.1. The highest BCUT2D eigenvalue weighted by Gasteiger charge is 2.10. The summed E-state index contributed by atoms with van der Waals surface area (Å²) < 4.78 is 10.5. The molecule has 2 aromatic heterocycles. The average molecular weight is 330 g/mol. The van der Waals surface area contributed by atoms with Crippen LogP contribution in [0.4, 0.5) is 0 Å². The molecule has 0 aliphatic heterocycles. The molecule has 0 amide bonds. The molecule has 0 saturated heterocycles. The number of hydrogen-bond acceptors (Lipinski definition) is 6. The van der Waals surface area contributed by atoms with Gasteiger partial charge in [-0.1, -0.05) is 0 Å². The second-order valence-electron chi connectivity index (χ2n) is 5.28. The zero-order valence-corrected chi connectivity index (χ0v) is 13.8. The summed E-state index contributed by atoms with van der Waals surface area (Å²) in [6.45, 7) is 1.49. The van der Waals surface area contributed by atoms with E-state index in [4.69, 9.17) is 9.15 Å². The fourth-order valence-corrected chi connectivity index (χ4v) is 3.13. The molecule has 5 nitrogen and oxygen atoms in total. The third kappa shape index (κ3) is 3.72. The molecule has 1 aromatic carbocycles. The van der Waals surface area contributed by atoms with Crippen molar-refractivity contribution in [3.63, 3.8) is 0 Å². The largest absolute Gasteiger partial charge is 0.504 e. The van der Waals surface area contributed by atoms with Crippen molar-refractivity contribution in [3.05, 3.63) is 53.4 Å². The molecule has 2 heterocycles. The van der Waals surface area contributed by atoms with Gasteiger partial charge in [0, 0.05) is 17.5 Å². The third-order valence-electron chi connectivity index (χ3n) is 3.42. The van der Waals surface area contributed by atoms with Crippen LogP contribution in [0.2, 0.25) is 0 Å². The van der Waals surface area contributed by atoms with Crippen LogP contribution in [0, 0.1) is 0 Å². The third-order valence-corrected chi connectivity index (χ3v) is 4.36. The molecule has 0 aliphatic carbocycles. The Balaban J connectivity index is 1.70. The van der Waals surface area contributed by atoms with Gasteiger partial charge >= 0.3 is 0 Å². The van der Waals surface area contributed by atoms with Gasteiger partial charge in [-0.3, -0.25) is 4.90 Å². The summed E-state index contributed by atoms with van der Waals surface area (Å²) >= 11 is 1.58. The molecule has 1 N–H and O–H groups in total. The van der Waals surface area contributed by atoms with Gasteiger partial charge in [0.1, 0.15) is 10.8 Å². The van der Waals surface area contributed by atoms with Gasteiger partial charge in [0.15, 0.2) is 11.5 Å². The molecule has 0 unspecified atom stereocenters. The number of aromatic hydroxyl groups is 1. The van der Waals surface area contributed by atoms with Crippen molar-refractivity contribution in [1.29, 1.82) is 0 Å². The van der Waals surface area contributed by atoms with Crippen molar-refractivity contribution in [1.82, 2.24) is 9.88 Å². The van der Waals surface area contributed by atoms with E-state index in [0.29, 0.717) is 5.75 Å². The standard InChI is InChI=1S/C17H18N2O3S/c1-19(10-14-4-3-7-22-14)9-13-11-23-17(18-13)12-5-6-15(20)16(8-12)21-2/h3-8,11,20H,9-10H2,1-2H3. The summed E-state index contributed by atoms with van der Waals surface area (Å²) in [5.41, 5.74) is 1.94. The first kappa shape index (κ1) is 15.6. The predicted molar refractivity (Wildman–Crippen MR) is 89.6 cm³/mol. The molecule has 0 saturated carbocycles. The summed E-state index contributed by atoms with van der Waals surface area (Å²) in [5.74, 6) is 1.52. The summed E-state index contributed by atoms with van der Waals surface area (Å²) in [7, 11) is 3.57. The minimum atomic E-state index is 0.131. The highest BCUT2D eigenvalue weighted by Crippen LogP contribution is 2.32. The lowest BCUT2D eigenvalue weighted by Gasteiger charge is -2.13. The van der Waals surface area contributed by atoms with Gasteiger partial charge in [0.05, 0.1) is 25.6 Å². The van der Waals surface area contributed by atoms with Crippen LogP contribution in [0.5, 0.6) is 11.5 Å². The van der Waals surface area contributed by atoms with E-state index in [0.717, 1.165) is 35.1 Å². The number of thiazole rings is 1. The minimum Gasteiger partial charge on any atom is -0.504 e. The van der Waals surface area contributed by atoms with Crippen LogP contribution in [-0.4, -0.2) is 29.1 Å². The molecule has 0 fully saturated rings. The number of methoxy groups -OCH3 is 1. The zero-order chi connectivity index (χ0) is 16.2. The SMILES string of the molecule is COc1cc(-c2nc(CN(C)Cc3ccco3)cs2)ccc1O. The first-order valence-corrected chi connectivity index (χ1v) is 8.06. The fraction of sp³-hybridized carbons (Fsp3) is 0.235. The van der Waals surface area contributed by atoms with E-state index in [9.17, 15) is 5.11 Å². The Morgan fingerprint density at radius 2 is 2.17 bits per heavy atom. The quantitative estimate of drug-likeness (QED) is 0.746. The van der Waals surface area contributed by atoms with E-state index in [-0.39, 0.29) is 5.75 Å². The van der Waals surface area contributed by atoms with Crippen LogP contribution >= 0.6 is 11.3 Å². The van der Waals surface area contributed by atoms with Crippen LogP contribution in [-0.2, 0) is 13.1 Å². The summed E-state index contributed by atoms with van der Waals surface area (Å²) in [5, 5.41) is 12.6. The molecule has 0 bridgehead atoms. The Bertz CT molecular complexity index is 768. The molecule has 120 valence electrons. The molecule has 0 aliphatic rings. The second-order valence-corrected chi connectivity index (χ2v) is 6.14. The lowest BCUT2D eigenvalue weighted by Crippen LogP contribution is -2.16. The maximum absolute atomic E-state index is 9.67. The first-order valence-electron chi connectivity index (χ1n) is 7.18. The number of rotatable bonds is 6. The number of benzene rings is 1. The van der Waals surface area contributed by atoms with Crippen molar-refractivity contribution in [3.8, 4) is 22.1 Å². The fourth-order valence-electron chi connectivity index (χ4n) is 2.32. The molecule has 0 atom stereocenters. The molecule has 0 spiro atoms. The molecule has 0 radical (unpaired) electrons. The first-order chi connectivity index (χ1) is 11.2. The van der Waals surface area contributed by atoms with Crippen molar-refractivity contribution < 1.29 is 14.3 Å². The Morgan fingerprint density at radius 1 is 1.30 bits per heavy atom. The van der Waals surface area contributed by atoms with E-state index >= 15 is 0 Å². The maximum atomic E-state index is 9.67. The minimum absolute atomic E-state index is 0.131. The summed E-state index contributed by atoms with van der Waals surface area (Å²) in [4.78, 5) is 6.81. The van der Waals surface area contributed by atoms with E-state index in [1.165, 1.54) is 7.11 Å². The van der Waals surface area contributed by atoms with Gasteiger partial charge < -0.3 is 14.3 Å². The number of phenolic OH excluding ortho intramolecular Hbond substituents is 1. The van der Waals surface area contributed by atoms with Crippen LogP contribution in [0.25, 0.3) is 10.6 Å². The van der Waals surface area contributed by atoms with Gasteiger partial charge in [0.2, 0.25) is 0 Å². The molecule has 6 heteroatoms. The van der Waals surface area contributed by atoms with Crippen LogP contribution in [0.3, 0.4) is 0 Å². The van der Waals surface area contributed by atoms with E-state index < -0.39 is 0 Å². The Morgan fingerprint density at radius 3 is 2.91 bits per heavy atom. The number of aromatic nitrogens is 1.